The van der Waals surface area contributed by atoms with Gasteiger partial charge in [-0.3, -0.25) is 19.7 Å². The molecule has 0 aromatic carbocycles. The Hall–Kier alpha value is -2.11. The molecule has 6 heteroatoms. The van der Waals surface area contributed by atoms with Gasteiger partial charge in [-0.2, -0.15) is 0 Å². The molecule has 84 valence electrons. The van der Waals surface area contributed by atoms with E-state index in [1.165, 1.54) is 11.2 Å². The van der Waals surface area contributed by atoms with Gasteiger partial charge in [0.2, 0.25) is 11.8 Å². The number of amides is 3. The van der Waals surface area contributed by atoms with E-state index in [0.717, 1.165) is 0 Å². The van der Waals surface area contributed by atoms with Crippen LogP contribution in [0.25, 0.3) is 0 Å². The van der Waals surface area contributed by atoms with Crippen molar-refractivity contribution in [3.63, 3.8) is 0 Å². The highest BCUT2D eigenvalue weighted by atomic mass is 16.3. The van der Waals surface area contributed by atoms with E-state index in [-0.39, 0.29) is 19.0 Å². The molecule has 0 bridgehead atoms. The molecule has 1 fully saturated rings. The van der Waals surface area contributed by atoms with Crippen molar-refractivity contribution in [2.24, 2.45) is 0 Å². The quantitative estimate of drug-likeness (QED) is 0.661. The van der Waals surface area contributed by atoms with Crippen molar-refractivity contribution < 1.29 is 18.8 Å². The molecule has 1 saturated heterocycles. The number of furan rings is 1. The average molecular weight is 222 g/mol. The molecule has 1 aromatic rings. The third kappa shape index (κ3) is 1.95. The van der Waals surface area contributed by atoms with Gasteiger partial charge in [0.15, 0.2) is 0 Å². The Labute approximate surface area is 91.2 Å². The Morgan fingerprint density at radius 3 is 2.50 bits per heavy atom. The van der Waals surface area contributed by atoms with Crippen molar-refractivity contribution in [2.75, 3.05) is 13.1 Å². The first-order valence-corrected chi connectivity index (χ1v) is 4.73. The summed E-state index contributed by atoms with van der Waals surface area (Å²) in [6, 6.07) is 1.57. The van der Waals surface area contributed by atoms with Crippen molar-refractivity contribution in [1.29, 1.82) is 0 Å². The molecule has 2 heterocycles. The molecule has 1 aromatic heterocycles. The molecule has 0 saturated carbocycles. The van der Waals surface area contributed by atoms with Gasteiger partial charge in [-0.05, 0) is 13.0 Å². The van der Waals surface area contributed by atoms with E-state index in [4.69, 9.17) is 4.42 Å². The van der Waals surface area contributed by atoms with E-state index in [1.807, 2.05) is 0 Å². The Bertz CT molecular complexity index is 447. The number of carbonyl (C=O) groups excluding carboxylic acids is 3. The third-order valence-electron chi connectivity index (χ3n) is 2.21. The van der Waals surface area contributed by atoms with Gasteiger partial charge in [0.25, 0.3) is 5.91 Å². The summed E-state index contributed by atoms with van der Waals surface area (Å²) < 4.78 is 5.00. The van der Waals surface area contributed by atoms with E-state index in [0.29, 0.717) is 11.3 Å². The minimum absolute atomic E-state index is 0.102. The maximum absolute atomic E-state index is 11.8. The van der Waals surface area contributed by atoms with Crippen LogP contribution in [0.4, 0.5) is 0 Å². The summed E-state index contributed by atoms with van der Waals surface area (Å²) in [6.45, 7) is 1.51. The van der Waals surface area contributed by atoms with Gasteiger partial charge in [0.1, 0.15) is 25.1 Å². The molecule has 0 radical (unpaired) electrons. The number of nitrogens with zero attached hydrogens (tertiary/aromatic N) is 1. The van der Waals surface area contributed by atoms with Crippen molar-refractivity contribution in [3.05, 3.63) is 23.7 Å². The van der Waals surface area contributed by atoms with Crippen LogP contribution in [0.3, 0.4) is 0 Å². The molecule has 16 heavy (non-hydrogen) atoms. The fourth-order valence-electron chi connectivity index (χ4n) is 1.52. The molecule has 6 nitrogen and oxygen atoms in total. The number of imide groups is 1. The lowest BCUT2D eigenvalue weighted by atomic mass is 10.2. The lowest BCUT2D eigenvalue weighted by Gasteiger charge is -2.24. The van der Waals surface area contributed by atoms with Crippen molar-refractivity contribution in [2.45, 2.75) is 6.92 Å². The molecule has 0 unspecified atom stereocenters. The van der Waals surface area contributed by atoms with E-state index < -0.39 is 11.8 Å². The molecule has 1 aliphatic heterocycles. The van der Waals surface area contributed by atoms with Crippen LogP contribution < -0.4 is 5.32 Å². The fraction of sp³-hybridized carbons (Fsp3) is 0.300. The highest BCUT2D eigenvalue weighted by molar-refractivity contribution is 6.05. The lowest BCUT2D eigenvalue weighted by Crippen LogP contribution is -2.53. The number of piperazine rings is 1. The first-order chi connectivity index (χ1) is 7.56. The van der Waals surface area contributed by atoms with E-state index in [1.54, 1.807) is 13.0 Å². The summed E-state index contributed by atoms with van der Waals surface area (Å²) in [5.41, 5.74) is 0.347. The van der Waals surface area contributed by atoms with Crippen molar-refractivity contribution in [3.8, 4) is 0 Å². The smallest absolute Gasteiger partial charge is 0.258 e. The highest BCUT2D eigenvalue weighted by Gasteiger charge is 2.27. The topological polar surface area (TPSA) is 79.6 Å². The van der Waals surface area contributed by atoms with Gasteiger partial charge >= 0.3 is 0 Å². The average Bonchev–Trinajstić information content (AvgIpc) is 2.62. The fourth-order valence-corrected chi connectivity index (χ4v) is 1.52. The molecule has 1 aliphatic rings. The Morgan fingerprint density at radius 1 is 1.38 bits per heavy atom. The maximum Gasteiger partial charge on any atom is 0.258 e. The second-order valence-electron chi connectivity index (χ2n) is 3.58. The largest absolute Gasteiger partial charge is 0.469 e. The number of rotatable bonds is 1. The van der Waals surface area contributed by atoms with Crippen LogP contribution in [0.2, 0.25) is 0 Å². The predicted molar refractivity (Wildman–Crippen MR) is 52.5 cm³/mol. The first-order valence-electron chi connectivity index (χ1n) is 4.73. The summed E-state index contributed by atoms with van der Waals surface area (Å²) in [6.07, 6.45) is 1.31. The van der Waals surface area contributed by atoms with E-state index in [9.17, 15) is 14.4 Å². The third-order valence-corrected chi connectivity index (χ3v) is 2.21. The Kier molecular flexibility index (Phi) is 2.47. The van der Waals surface area contributed by atoms with Crippen molar-refractivity contribution >= 4 is 17.7 Å². The van der Waals surface area contributed by atoms with Crippen molar-refractivity contribution in [1.82, 2.24) is 10.2 Å². The van der Waals surface area contributed by atoms with E-state index in [2.05, 4.69) is 5.32 Å². The van der Waals surface area contributed by atoms with Crippen LogP contribution in [0.5, 0.6) is 0 Å². The minimum Gasteiger partial charge on any atom is -0.469 e. The molecule has 0 aliphatic carbocycles. The maximum atomic E-state index is 11.8. The number of hydrogen-bond acceptors (Lipinski definition) is 4. The lowest BCUT2D eigenvalue weighted by molar-refractivity contribution is -0.135. The molecule has 2 rings (SSSR count). The van der Waals surface area contributed by atoms with Gasteiger partial charge in [0, 0.05) is 0 Å². The number of hydrogen-bond donors (Lipinski definition) is 1. The van der Waals surface area contributed by atoms with Crippen LogP contribution in [0.15, 0.2) is 16.7 Å². The molecule has 1 N–H and O–H groups in total. The summed E-state index contributed by atoms with van der Waals surface area (Å²) >= 11 is 0. The molecule has 0 atom stereocenters. The van der Waals surface area contributed by atoms with Crippen LogP contribution >= 0.6 is 0 Å². The van der Waals surface area contributed by atoms with Gasteiger partial charge < -0.3 is 9.32 Å². The SMILES string of the molecule is Cc1cc(C(=O)N2CC(=O)NC(=O)C2)co1. The van der Waals surface area contributed by atoms with Crippen LogP contribution in [-0.4, -0.2) is 35.7 Å². The zero-order valence-electron chi connectivity index (χ0n) is 8.65. The standard InChI is InChI=1S/C10H10N2O4/c1-6-2-7(5-16-6)10(15)12-3-8(13)11-9(14)4-12/h2,5H,3-4H2,1H3,(H,11,13,14). The van der Waals surface area contributed by atoms with Gasteiger partial charge in [-0.25, -0.2) is 0 Å². The normalized spacial score (nSPS) is 16.2. The summed E-state index contributed by atoms with van der Waals surface area (Å²) in [5, 5.41) is 2.13. The van der Waals surface area contributed by atoms with Gasteiger partial charge in [-0.15, -0.1) is 0 Å². The summed E-state index contributed by atoms with van der Waals surface area (Å²) in [4.78, 5) is 35.2. The number of aryl methyl sites for hydroxylation is 1. The molecular weight excluding hydrogens is 212 g/mol. The van der Waals surface area contributed by atoms with E-state index >= 15 is 0 Å². The number of nitrogens with one attached hydrogen (secondary N) is 1. The van der Waals surface area contributed by atoms with Crippen LogP contribution in [-0.2, 0) is 9.59 Å². The molecule has 3 amide bonds. The van der Waals surface area contributed by atoms with Crippen LogP contribution in [0.1, 0.15) is 16.1 Å². The zero-order chi connectivity index (χ0) is 11.7. The molecular formula is C10H10N2O4. The zero-order valence-corrected chi connectivity index (χ0v) is 8.65. The highest BCUT2D eigenvalue weighted by Crippen LogP contribution is 2.10. The van der Waals surface area contributed by atoms with Gasteiger partial charge in [-0.1, -0.05) is 0 Å². The Balaban J connectivity index is 2.15. The molecule has 0 spiro atoms. The summed E-state index contributed by atoms with van der Waals surface area (Å²) in [7, 11) is 0. The van der Waals surface area contributed by atoms with Crippen LogP contribution in [0, 0.1) is 6.92 Å². The minimum atomic E-state index is -0.468. The summed E-state index contributed by atoms with van der Waals surface area (Å²) in [5.74, 6) is -0.703. The number of carbonyl (C=O) groups is 3. The predicted octanol–water partition coefficient (Wildman–Crippen LogP) is -0.313. The monoisotopic (exact) mass is 222 g/mol. The first kappa shape index (κ1) is 10.4. The Morgan fingerprint density at radius 2 is 2.00 bits per heavy atom. The second kappa shape index (κ2) is 3.80. The second-order valence-corrected chi connectivity index (χ2v) is 3.58. The van der Waals surface area contributed by atoms with Gasteiger partial charge in [0.05, 0.1) is 5.56 Å².